The summed E-state index contributed by atoms with van der Waals surface area (Å²) in [5, 5.41) is 5.64. The van der Waals surface area contributed by atoms with E-state index in [1.165, 1.54) is 6.42 Å². The number of thiazole rings is 1. The third-order valence-electron chi connectivity index (χ3n) is 4.65. The summed E-state index contributed by atoms with van der Waals surface area (Å²) in [7, 11) is 1.64. The number of hydrogen-bond donors (Lipinski definition) is 1. The number of amides is 2. The van der Waals surface area contributed by atoms with Gasteiger partial charge in [-0.05, 0) is 43.5 Å². The summed E-state index contributed by atoms with van der Waals surface area (Å²) < 4.78 is 5.16. The maximum absolute atomic E-state index is 12.1. The molecular weight excluding hydrogens is 362 g/mol. The molecule has 1 fully saturated rings. The number of carbonyl (C=O) groups is 2. The van der Waals surface area contributed by atoms with Crippen molar-refractivity contribution in [2.24, 2.45) is 0 Å². The summed E-state index contributed by atoms with van der Waals surface area (Å²) in [6, 6.07) is 7.75. The molecule has 0 spiro atoms. The van der Waals surface area contributed by atoms with Gasteiger partial charge in [0.1, 0.15) is 5.75 Å². The lowest BCUT2D eigenvalue weighted by Crippen LogP contribution is -2.42. The van der Waals surface area contributed by atoms with E-state index in [2.05, 4.69) is 10.3 Å². The lowest BCUT2D eigenvalue weighted by atomic mass is 10.1. The maximum Gasteiger partial charge on any atom is 0.241 e. The van der Waals surface area contributed by atoms with E-state index in [0.29, 0.717) is 12.8 Å². The second-order valence-corrected chi connectivity index (χ2v) is 7.52. The van der Waals surface area contributed by atoms with Gasteiger partial charge in [-0.2, -0.15) is 0 Å². The quantitative estimate of drug-likeness (QED) is 0.793. The average molecular weight is 388 g/mol. The van der Waals surface area contributed by atoms with Crippen LogP contribution in [0.3, 0.4) is 0 Å². The Hall–Kier alpha value is -2.41. The van der Waals surface area contributed by atoms with Crippen LogP contribution in [0, 0.1) is 0 Å². The molecule has 0 aliphatic carbocycles. The zero-order valence-corrected chi connectivity index (χ0v) is 16.4. The van der Waals surface area contributed by atoms with Crippen LogP contribution in [-0.4, -0.2) is 48.4 Å². The lowest BCUT2D eigenvalue weighted by molar-refractivity contribution is -0.133. The number of nitrogens with one attached hydrogen (secondary N) is 1. The van der Waals surface area contributed by atoms with Gasteiger partial charge in [0, 0.05) is 36.9 Å². The fraction of sp³-hybridized carbons (Fsp3) is 0.450. The molecule has 0 unspecified atom stereocenters. The fourth-order valence-corrected chi connectivity index (χ4v) is 3.87. The molecule has 2 aromatic rings. The number of aromatic nitrogens is 1. The number of methoxy groups -OCH3 is 1. The Labute approximate surface area is 163 Å². The molecule has 1 aromatic heterocycles. The third-order valence-corrected chi connectivity index (χ3v) is 5.56. The van der Waals surface area contributed by atoms with Gasteiger partial charge in [-0.25, -0.2) is 4.98 Å². The van der Waals surface area contributed by atoms with E-state index >= 15 is 0 Å². The van der Waals surface area contributed by atoms with Crippen molar-refractivity contribution in [2.75, 3.05) is 26.7 Å². The SMILES string of the molecule is COc1ccc(-c2csc(CCC(=O)NCC(=O)N3CCCCC3)n2)cc1. The van der Waals surface area contributed by atoms with Crippen LogP contribution in [0.4, 0.5) is 0 Å². The molecule has 2 heterocycles. The number of piperidine rings is 1. The molecule has 1 N–H and O–H groups in total. The van der Waals surface area contributed by atoms with Crippen LogP contribution in [0.15, 0.2) is 29.6 Å². The van der Waals surface area contributed by atoms with E-state index in [1.807, 2.05) is 34.5 Å². The molecular formula is C20H25N3O3S. The predicted molar refractivity (Wildman–Crippen MR) is 106 cm³/mol. The number of carbonyl (C=O) groups excluding carboxylic acids is 2. The van der Waals surface area contributed by atoms with Gasteiger partial charge in [0.15, 0.2) is 0 Å². The van der Waals surface area contributed by atoms with Gasteiger partial charge in [0.25, 0.3) is 0 Å². The van der Waals surface area contributed by atoms with Gasteiger partial charge < -0.3 is 15.0 Å². The first-order chi connectivity index (χ1) is 13.2. The van der Waals surface area contributed by atoms with Gasteiger partial charge in [-0.15, -0.1) is 11.3 Å². The topological polar surface area (TPSA) is 71.5 Å². The Kier molecular flexibility index (Phi) is 6.81. The first-order valence-electron chi connectivity index (χ1n) is 9.29. The van der Waals surface area contributed by atoms with Crippen molar-refractivity contribution in [1.29, 1.82) is 0 Å². The molecule has 6 nitrogen and oxygen atoms in total. The van der Waals surface area contributed by atoms with Crippen molar-refractivity contribution >= 4 is 23.2 Å². The Bertz CT molecular complexity index is 767. The van der Waals surface area contributed by atoms with Gasteiger partial charge in [0.2, 0.25) is 11.8 Å². The van der Waals surface area contributed by atoms with Gasteiger partial charge >= 0.3 is 0 Å². The number of benzene rings is 1. The standard InChI is InChI=1S/C20H25N3O3S/c1-26-16-7-5-15(6-8-16)17-14-27-19(22-17)10-9-18(24)21-13-20(25)23-11-3-2-4-12-23/h5-8,14H,2-4,9-13H2,1H3,(H,21,24). The van der Waals surface area contributed by atoms with E-state index in [1.54, 1.807) is 18.4 Å². The van der Waals surface area contributed by atoms with Crippen LogP contribution in [-0.2, 0) is 16.0 Å². The Morgan fingerprint density at radius 3 is 2.63 bits per heavy atom. The van der Waals surface area contributed by atoms with Crippen molar-refractivity contribution in [3.63, 3.8) is 0 Å². The van der Waals surface area contributed by atoms with Crippen LogP contribution < -0.4 is 10.1 Å². The highest BCUT2D eigenvalue weighted by atomic mass is 32.1. The van der Waals surface area contributed by atoms with Crippen molar-refractivity contribution in [1.82, 2.24) is 15.2 Å². The fourth-order valence-electron chi connectivity index (χ4n) is 3.06. The van der Waals surface area contributed by atoms with Crippen LogP contribution in [0.25, 0.3) is 11.3 Å². The summed E-state index contributed by atoms with van der Waals surface area (Å²) in [6.07, 6.45) is 4.20. The number of aryl methyl sites for hydroxylation is 1. The number of nitrogens with zero attached hydrogens (tertiary/aromatic N) is 2. The first kappa shape index (κ1) is 19.4. The molecule has 3 rings (SSSR count). The maximum atomic E-state index is 12.1. The minimum atomic E-state index is -0.110. The molecule has 1 saturated heterocycles. The smallest absolute Gasteiger partial charge is 0.241 e. The molecule has 1 aliphatic heterocycles. The largest absolute Gasteiger partial charge is 0.497 e. The van der Waals surface area contributed by atoms with E-state index in [0.717, 1.165) is 47.9 Å². The number of hydrogen-bond acceptors (Lipinski definition) is 5. The lowest BCUT2D eigenvalue weighted by Gasteiger charge is -2.26. The molecule has 144 valence electrons. The molecule has 2 amide bonds. The Balaban J connectivity index is 1.43. The highest BCUT2D eigenvalue weighted by Crippen LogP contribution is 2.24. The Morgan fingerprint density at radius 1 is 1.19 bits per heavy atom. The van der Waals surface area contributed by atoms with Gasteiger partial charge in [-0.1, -0.05) is 0 Å². The Morgan fingerprint density at radius 2 is 1.93 bits per heavy atom. The van der Waals surface area contributed by atoms with Gasteiger partial charge in [-0.3, -0.25) is 9.59 Å². The van der Waals surface area contributed by atoms with Crippen LogP contribution >= 0.6 is 11.3 Å². The summed E-state index contributed by atoms with van der Waals surface area (Å²) in [5.74, 6) is 0.714. The van der Waals surface area contributed by atoms with Crippen molar-refractivity contribution in [3.8, 4) is 17.0 Å². The van der Waals surface area contributed by atoms with Crippen molar-refractivity contribution in [3.05, 3.63) is 34.7 Å². The normalized spacial score (nSPS) is 14.0. The molecule has 1 aliphatic rings. The molecule has 0 atom stereocenters. The molecule has 0 bridgehead atoms. The zero-order chi connectivity index (χ0) is 19.1. The molecule has 0 saturated carbocycles. The second kappa shape index (κ2) is 9.50. The average Bonchev–Trinajstić information content (AvgIpc) is 3.20. The minimum Gasteiger partial charge on any atom is -0.497 e. The molecule has 1 aromatic carbocycles. The van der Waals surface area contributed by atoms with Crippen molar-refractivity contribution < 1.29 is 14.3 Å². The van der Waals surface area contributed by atoms with E-state index < -0.39 is 0 Å². The highest BCUT2D eigenvalue weighted by Gasteiger charge is 2.17. The third kappa shape index (κ3) is 5.53. The molecule has 0 radical (unpaired) electrons. The van der Waals surface area contributed by atoms with Crippen LogP contribution in [0.1, 0.15) is 30.7 Å². The molecule has 27 heavy (non-hydrogen) atoms. The van der Waals surface area contributed by atoms with Crippen LogP contribution in [0.2, 0.25) is 0 Å². The summed E-state index contributed by atoms with van der Waals surface area (Å²) in [6.45, 7) is 1.71. The first-order valence-corrected chi connectivity index (χ1v) is 10.2. The number of rotatable bonds is 7. The second-order valence-electron chi connectivity index (χ2n) is 6.57. The summed E-state index contributed by atoms with van der Waals surface area (Å²) in [4.78, 5) is 30.5. The van der Waals surface area contributed by atoms with Gasteiger partial charge in [0.05, 0.1) is 24.4 Å². The van der Waals surface area contributed by atoms with E-state index in [9.17, 15) is 9.59 Å². The monoisotopic (exact) mass is 387 g/mol. The zero-order valence-electron chi connectivity index (χ0n) is 15.6. The van der Waals surface area contributed by atoms with E-state index in [4.69, 9.17) is 4.74 Å². The predicted octanol–water partition coefficient (Wildman–Crippen LogP) is 2.88. The number of ether oxygens (including phenoxy) is 1. The van der Waals surface area contributed by atoms with E-state index in [-0.39, 0.29) is 18.4 Å². The highest BCUT2D eigenvalue weighted by molar-refractivity contribution is 7.09. The summed E-state index contributed by atoms with van der Waals surface area (Å²) in [5.41, 5.74) is 1.92. The number of likely N-dealkylation sites (tertiary alicyclic amines) is 1. The van der Waals surface area contributed by atoms with Crippen molar-refractivity contribution in [2.45, 2.75) is 32.1 Å². The minimum absolute atomic E-state index is 0.0130. The molecule has 7 heteroatoms. The summed E-state index contributed by atoms with van der Waals surface area (Å²) >= 11 is 1.55. The van der Waals surface area contributed by atoms with Crippen LogP contribution in [0.5, 0.6) is 5.75 Å².